The molecule has 0 amide bonds. The summed E-state index contributed by atoms with van der Waals surface area (Å²) in [5.41, 5.74) is 3.18. The molecule has 0 radical (unpaired) electrons. The molecule has 0 fully saturated rings. The third kappa shape index (κ3) is 3.82. The highest BCUT2D eigenvalue weighted by molar-refractivity contribution is 6.28. The topological polar surface area (TPSA) is 60.2 Å². The van der Waals surface area contributed by atoms with Crippen LogP contribution in [-0.4, -0.2) is 29.7 Å². The van der Waals surface area contributed by atoms with Crippen LogP contribution >= 0.6 is 0 Å². The lowest BCUT2D eigenvalue weighted by Crippen LogP contribution is -2.31. The number of fused-ring (bicyclic) bond motifs is 3. The van der Waals surface area contributed by atoms with Gasteiger partial charge in [0.1, 0.15) is 17.4 Å². The first kappa shape index (κ1) is 20.1. The molecule has 4 heteroatoms. The van der Waals surface area contributed by atoms with E-state index in [-0.39, 0.29) is 5.41 Å². The number of rotatable bonds is 6. The Kier molecular flexibility index (Phi) is 5.33. The van der Waals surface area contributed by atoms with Crippen LogP contribution in [0.25, 0.3) is 10.8 Å². The minimum absolute atomic E-state index is 0.145. The number of benzene rings is 3. The number of hydrogen-bond acceptors (Lipinski definition) is 3. The molecular formula is C26H29N3O. The fraction of sp³-hybridized carbons (Fsp3) is 0.308. The van der Waals surface area contributed by atoms with Crippen LogP contribution in [0.5, 0.6) is 5.75 Å². The second-order valence-electron chi connectivity index (χ2n) is 8.89. The standard InChI is InChI=1S/C26H29N3O/c1-26(2,3)19-11-13-20(14-12-19)30-17-7-6-16-29-24(27)22-15-10-18-8-4-5-9-21(18)23(22)25(29)28/h4-5,8-15,27-28H,6-7,16-17H2,1-3H3. The van der Waals surface area contributed by atoms with E-state index in [2.05, 4.69) is 39.0 Å². The smallest absolute Gasteiger partial charge is 0.135 e. The molecule has 1 heterocycles. The van der Waals surface area contributed by atoms with Crippen molar-refractivity contribution in [1.29, 1.82) is 10.8 Å². The minimum Gasteiger partial charge on any atom is -0.494 e. The van der Waals surface area contributed by atoms with E-state index in [0.29, 0.717) is 24.8 Å². The van der Waals surface area contributed by atoms with Gasteiger partial charge in [0, 0.05) is 17.7 Å². The quantitative estimate of drug-likeness (QED) is 0.502. The molecule has 4 rings (SSSR count). The highest BCUT2D eigenvalue weighted by Gasteiger charge is 2.30. The fourth-order valence-electron chi connectivity index (χ4n) is 3.95. The van der Waals surface area contributed by atoms with Gasteiger partial charge < -0.3 is 9.64 Å². The number of ether oxygens (including phenoxy) is 1. The second kappa shape index (κ2) is 7.94. The number of nitrogens with one attached hydrogen (secondary N) is 2. The van der Waals surface area contributed by atoms with E-state index in [1.165, 1.54) is 5.56 Å². The molecule has 0 atom stereocenters. The van der Waals surface area contributed by atoms with Gasteiger partial charge in [0.05, 0.1) is 6.61 Å². The molecule has 154 valence electrons. The van der Waals surface area contributed by atoms with Crippen LogP contribution in [-0.2, 0) is 5.41 Å². The van der Waals surface area contributed by atoms with Crippen molar-refractivity contribution in [2.75, 3.05) is 13.2 Å². The molecule has 1 aliphatic rings. The average molecular weight is 400 g/mol. The van der Waals surface area contributed by atoms with Gasteiger partial charge in [-0.2, -0.15) is 0 Å². The Bertz CT molecular complexity index is 1090. The molecule has 2 N–H and O–H groups in total. The Labute approximate surface area is 178 Å². The summed E-state index contributed by atoms with van der Waals surface area (Å²) in [5.74, 6) is 1.76. The maximum Gasteiger partial charge on any atom is 0.135 e. The van der Waals surface area contributed by atoms with E-state index >= 15 is 0 Å². The fourth-order valence-corrected chi connectivity index (χ4v) is 3.95. The van der Waals surface area contributed by atoms with Crippen molar-refractivity contribution in [3.63, 3.8) is 0 Å². The van der Waals surface area contributed by atoms with E-state index in [1.807, 2.05) is 47.4 Å². The average Bonchev–Trinajstić information content (AvgIpc) is 2.98. The molecule has 0 saturated heterocycles. The van der Waals surface area contributed by atoms with Gasteiger partial charge in [-0.25, -0.2) is 0 Å². The zero-order valence-corrected chi connectivity index (χ0v) is 18.0. The highest BCUT2D eigenvalue weighted by atomic mass is 16.5. The third-order valence-electron chi connectivity index (χ3n) is 5.73. The predicted molar refractivity (Wildman–Crippen MR) is 124 cm³/mol. The number of unbranched alkanes of at least 4 members (excludes halogenated alkanes) is 1. The van der Waals surface area contributed by atoms with Crippen molar-refractivity contribution < 1.29 is 4.74 Å². The number of amidine groups is 2. The number of hydrogen-bond donors (Lipinski definition) is 2. The van der Waals surface area contributed by atoms with Gasteiger partial charge >= 0.3 is 0 Å². The lowest BCUT2D eigenvalue weighted by atomic mass is 9.87. The van der Waals surface area contributed by atoms with Crippen LogP contribution in [0.15, 0.2) is 60.7 Å². The first-order valence-corrected chi connectivity index (χ1v) is 10.6. The molecule has 30 heavy (non-hydrogen) atoms. The maximum atomic E-state index is 8.64. The van der Waals surface area contributed by atoms with Gasteiger partial charge in [0.15, 0.2) is 0 Å². The Morgan fingerprint density at radius 1 is 0.833 bits per heavy atom. The summed E-state index contributed by atoms with van der Waals surface area (Å²) in [7, 11) is 0. The summed E-state index contributed by atoms with van der Waals surface area (Å²) >= 11 is 0. The molecular weight excluding hydrogens is 370 g/mol. The minimum atomic E-state index is 0.145. The molecule has 1 aliphatic heterocycles. The van der Waals surface area contributed by atoms with Crippen LogP contribution in [0.4, 0.5) is 0 Å². The predicted octanol–water partition coefficient (Wildman–Crippen LogP) is 5.96. The van der Waals surface area contributed by atoms with E-state index in [9.17, 15) is 0 Å². The zero-order valence-electron chi connectivity index (χ0n) is 18.0. The molecule has 4 nitrogen and oxygen atoms in total. The summed E-state index contributed by atoms with van der Waals surface area (Å²) in [6, 6.07) is 20.4. The third-order valence-corrected chi connectivity index (χ3v) is 5.73. The first-order chi connectivity index (χ1) is 14.4. The summed E-state index contributed by atoms with van der Waals surface area (Å²) in [6.07, 6.45) is 1.76. The second-order valence-corrected chi connectivity index (χ2v) is 8.89. The molecule has 3 aromatic carbocycles. The van der Waals surface area contributed by atoms with Crippen LogP contribution < -0.4 is 4.74 Å². The van der Waals surface area contributed by atoms with Crippen molar-refractivity contribution in [1.82, 2.24) is 4.90 Å². The Morgan fingerprint density at radius 3 is 2.30 bits per heavy atom. The summed E-state index contributed by atoms with van der Waals surface area (Å²) in [6.45, 7) is 7.92. The van der Waals surface area contributed by atoms with Crippen molar-refractivity contribution in [3.05, 3.63) is 77.4 Å². The van der Waals surface area contributed by atoms with Crippen LogP contribution in [0.1, 0.15) is 50.3 Å². The lowest BCUT2D eigenvalue weighted by Gasteiger charge is -2.19. The van der Waals surface area contributed by atoms with E-state index in [0.717, 1.165) is 40.5 Å². The molecule has 0 aromatic heterocycles. The van der Waals surface area contributed by atoms with Gasteiger partial charge in [-0.05, 0) is 52.8 Å². The van der Waals surface area contributed by atoms with E-state index in [4.69, 9.17) is 15.6 Å². The SMILES string of the molecule is CC(C)(C)c1ccc(OCCCCN2C(=N)c3ccc4ccccc4c3C2=N)cc1. The van der Waals surface area contributed by atoms with Gasteiger partial charge in [-0.3, -0.25) is 10.8 Å². The van der Waals surface area contributed by atoms with Gasteiger partial charge in [0.25, 0.3) is 0 Å². The lowest BCUT2D eigenvalue weighted by molar-refractivity contribution is 0.303. The normalized spacial score (nSPS) is 13.8. The largest absolute Gasteiger partial charge is 0.494 e. The van der Waals surface area contributed by atoms with Gasteiger partial charge in [0.2, 0.25) is 0 Å². The number of nitrogens with zero attached hydrogens (tertiary/aromatic N) is 1. The van der Waals surface area contributed by atoms with Crippen molar-refractivity contribution in [2.24, 2.45) is 0 Å². The van der Waals surface area contributed by atoms with Crippen molar-refractivity contribution >= 4 is 22.4 Å². The molecule has 0 aliphatic carbocycles. The van der Waals surface area contributed by atoms with E-state index < -0.39 is 0 Å². The summed E-state index contributed by atoms with van der Waals surface area (Å²) in [5, 5.41) is 19.3. The summed E-state index contributed by atoms with van der Waals surface area (Å²) < 4.78 is 5.89. The van der Waals surface area contributed by atoms with E-state index in [1.54, 1.807) is 0 Å². The Morgan fingerprint density at radius 2 is 1.57 bits per heavy atom. The molecule has 0 spiro atoms. The van der Waals surface area contributed by atoms with Gasteiger partial charge in [-0.1, -0.05) is 63.2 Å². The van der Waals surface area contributed by atoms with Crippen LogP contribution in [0, 0.1) is 10.8 Å². The summed E-state index contributed by atoms with van der Waals surface area (Å²) in [4.78, 5) is 1.81. The molecule has 3 aromatic rings. The Hall–Kier alpha value is -3.14. The monoisotopic (exact) mass is 399 g/mol. The van der Waals surface area contributed by atoms with Gasteiger partial charge in [-0.15, -0.1) is 0 Å². The van der Waals surface area contributed by atoms with Crippen LogP contribution in [0.2, 0.25) is 0 Å². The molecule has 0 unspecified atom stereocenters. The van der Waals surface area contributed by atoms with Crippen LogP contribution in [0.3, 0.4) is 0 Å². The maximum absolute atomic E-state index is 8.64. The highest BCUT2D eigenvalue weighted by Crippen LogP contribution is 2.30. The molecule has 0 bridgehead atoms. The zero-order chi connectivity index (χ0) is 21.3. The Balaban J connectivity index is 1.32. The van der Waals surface area contributed by atoms with Crippen molar-refractivity contribution in [3.8, 4) is 5.75 Å². The first-order valence-electron chi connectivity index (χ1n) is 10.6. The van der Waals surface area contributed by atoms with Crippen molar-refractivity contribution in [2.45, 2.75) is 39.0 Å². The molecule has 0 saturated carbocycles.